The lowest BCUT2D eigenvalue weighted by Gasteiger charge is -2.17. The van der Waals surface area contributed by atoms with E-state index in [1.807, 2.05) is 0 Å². The van der Waals surface area contributed by atoms with Crippen molar-refractivity contribution in [2.75, 3.05) is 39.6 Å². The summed E-state index contributed by atoms with van der Waals surface area (Å²) in [6.07, 6.45) is 84.9. The zero-order valence-corrected chi connectivity index (χ0v) is 93.9. The highest BCUT2D eigenvalue weighted by Gasteiger charge is 2.24. The SMILES string of the molecule is CCCCCCCCCCCCCOc1ccc2c3ccc(OCCCCCCCCCCCCC)cc3c3nc4cc5c(cc4nc3c2c1)c1cc2nc3c4cc(OCCCCCCCCCCCCC)ccc4c4ccc(OCCCCCCCCCCCCC)cc4c3nc2cc1c1cc2nc3c4cc(OCCCCCCCCCCCCC)ccc4c4ccc(OCCCCCCCCCCCCC)cc4c3nc2cc51. The molecule has 150 heavy (non-hydrogen) atoms. The summed E-state index contributed by atoms with van der Waals surface area (Å²) >= 11 is 0. The molecule has 16 aromatic rings. The zero-order chi connectivity index (χ0) is 103. The first kappa shape index (κ1) is 112. The van der Waals surface area contributed by atoms with Crippen LogP contribution in [-0.2, 0) is 0 Å². The second kappa shape index (κ2) is 62.2. The van der Waals surface area contributed by atoms with Gasteiger partial charge < -0.3 is 28.4 Å². The van der Waals surface area contributed by atoms with Gasteiger partial charge in [0.25, 0.3) is 0 Å². The minimum absolute atomic E-state index is 0.664. The van der Waals surface area contributed by atoms with E-state index in [9.17, 15) is 0 Å². The van der Waals surface area contributed by atoms with Gasteiger partial charge in [0.05, 0.1) is 106 Å². The molecule has 0 N–H and O–H groups in total. The molecule has 13 aromatic carbocycles. The molecule has 0 aliphatic carbocycles. The molecule has 3 heterocycles. The molecular formula is C138H186N6O6. The average Bonchev–Trinajstić information content (AvgIpc) is 0.698. The summed E-state index contributed by atoms with van der Waals surface area (Å²) in [6.45, 7) is 17.8. The maximum atomic E-state index is 6.80. The van der Waals surface area contributed by atoms with Gasteiger partial charge in [-0.2, -0.15) is 0 Å². The van der Waals surface area contributed by atoms with E-state index in [0.717, 1.165) is 275 Å². The summed E-state index contributed by atoms with van der Waals surface area (Å²) in [6, 6.07) is 53.9. The second-order valence-corrected chi connectivity index (χ2v) is 45.0. The maximum Gasteiger partial charge on any atom is 0.120 e. The van der Waals surface area contributed by atoms with Crippen LogP contribution in [0.2, 0.25) is 0 Å². The Kier molecular flexibility index (Phi) is 46.6. The molecule has 0 aliphatic heterocycles. The van der Waals surface area contributed by atoms with Crippen LogP contribution in [0.25, 0.3) is 163 Å². The number of fused-ring (bicyclic) bond motifs is 27. The first-order valence-electron chi connectivity index (χ1n) is 62.0. The highest BCUT2D eigenvalue weighted by Crippen LogP contribution is 2.47. The van der Waals surface area contributed by atoms with Crippen LogP contribution in [-0.4, -0.2) is 69.5 Å². The van der Waals surface area contributed by atoms with Gasteiger partial charge in [0, 0.05) is 32.3 Å². The lowest BCUT2D eigenvalue weighted by atomic mass is 9.92. The summed E-state index contributed by atoms with van der Waals surface area (Å²) in [4.78, 5) is 35.7. The maximum absolute atomic E-state index is 6.80. The molecule has 0 atom stereocenters. The van der Waals surface area contributed by atoms with Crippen molar-refractivity contribution in [1.29, 1.82) is 0 Å². The monoisotopic (exact) mass is 2020 g/mol. The van der Waals surface area contributed by atoms with E-state index in [4.69, 9.17) is 58.3 Å². The molecule has 0 spiro atoms. The molecule has 0 unspecified atom stereocenters. The van der Waals surface area contributed by atoms with E-state index in [1.54, 1.807) is 0 Å². The molecule has 0 fully saturated rings. The van der Waals surface area contributed by atoms with Crippen LogP contribution >= 0.6 is 0 Å². The van der Waals surface area contributed by atoms with Crippen molar-refractivity contribution in [2.45, 2.75) is 465 Å². The highest BCUT2D eigenvalue weighted by molar-refractivity contribution is 6.33. The molecule has 12 nitrogen and oxygen atoms in total. The number of aromatic nitrogens is 6. The predicted octanol–water partition coefficient (Wildman–Crippen LogP) is 43.5. The van der Waals surface area contributed by atoms with E-state index in [1.165, 1.54) is 347 Å². The number of benzene rings is 13. The average molecular weight is 2030 g/mol. The van der Waals surface area contributed by atoms with Gasteiger partial charge in [-0.25, -0.2) is 29.9 Å². The summed E-state index contributed by atoms with van der Waals surface area (Å²) in [7, 11) is 0. The third-order valence-corrected chi connectivity index (χ3v) is 32.7. The third-order valence-electron chi connectivity index (χ3n) is 32.7. The fourth-order valence-corrected chi connectivity index (χ4v) is 23.8. The van der Waals surface area contributed by atoms with Crippen molar-refractivity contribution in [3.63, 3.8) is 0 Å². The van der Waals surface area contributed by atoms with Crippen LogP contribution in [0.15, 0.2) is 146 Å². The molecule has 0 saturated carbocycles. The van der Waals surface area contributed by atoms with Crippen molar-refractivity contribution in [3.8, 4) is 34.5 Å². The number of nitrogens with zero attached hydrogens (tertiary/aromatic N) is 6. The molecule has 16 rings (SSSR count). The molecular weight excluding hydrogens is 1840 g/mol. The van der Waals surface area contributed by atoms with Crippen molar-refractivity contribution >= 4 is 163 Å². The quantitative estimate of drug-likeness (QED) is 0.0204. The minimum Gasteiger partial charge on any atom is -0.494 e. The lowest BCUT2D eigenvalue weighted by molar-refractivity contribution is 0.304. The van der Waals surface area contributed by atoms with E-state index in [2.05, 4.69) is 187 Å². The van der Waals surface area contributed by atoms with Gasteiger partial charge in [0.2, 0.25) is 0 Å². The number of ether oxygens (including phenoxy) is 6. The lowest BCUT2D eigenvalue weighted by Crippen LogP contribution is -1.99. The smallest absolute Gasteiger partial charge is 0.120 e. The molecule has 804 valence electrons. The Labute approximate surface area is 900 Å². The molecule has 0 bridgehead atoms. The van der Waals surface area contributed by atoms with E-state index < -0.39 is 0 Å². The summed E-state index contributed by atoms with van der Waals surface area (Å²) in [5.74, 6) is 5.11. The fourth-order valence-electron chi connectivity index (χ4n) is 23.8. The van der Waals surface area contributed by atoms with Crippen LogP contribution in [0.1, 0.15) is 465 Å². The summed E-state index contributed by atoms with van der Waals surface area (Å²) < 4.78 is 40.8. The van der Waals surface area contributed by atoms with Crippen molar-refractivity contribution in [3.05, 3.63) is 146 Å². The van der Waals surface area contributed by atoms with Gasteiger partial charge in [0.15, 0.2) is 0 Å². The number of hydrogen-bond acceptors (Lipinski definition) is 12. The Bertz CT molecular complexity index is 5800. The van der Waals surface area contributed by atoms with Crippen molar-refractivity contribution in [1.82, 2.24) is 29.9 Å². The second-order valence-electron chi connectivity index (χ2n) is 45.0. The number of unbranched alkanes of at least 4 members (excludes halogenated alkanes) is 60. The van der Waals surface area contributed by atoms with Gasteiger partial charge in [-0.05, 0) is 249 Å². The largest absolute Gasteiger partial charge is 0.494 e. The molecule has 0 amide bonds. The summed E-state index contributed by atoms with van der Waals surface area (Å²) in [5, 5.41) is 19.0. The van der Waals surface area contributed by atoms with Crippen LogP contribution in [0.5, 0.6) is 34.5 Å². The number of rotatable bonds is 78. The van der Waals surface area contributed by atoms with Crippen LogP contribution < -0.4 is 28.4 Å². The Morgan fingerprint density at radius 2 is 0.233 bits per heavy atom. The van der Waals surface area contributed by atoms with E-state index in [-0.39, 0.29) is 0 Å². The van der Waals surface area contributed by atoms with E-state index in [0.29, 0.717) is 39.6 Å². The van der Waals surface area contributed by atoms with Crippen molar-refractivity contribution < 1.29 is 28.4 Å². The number of hydrogen-bond donors (Lipinski definition) is 0. The van der Waals surface area contributed by atoms with E-state index >= 15 is 0 Å². The molecule has 0 saturated heterocycles. The molecule has 0 radical (unpaired) electrons. The van der Waals surface area contributed by atoms with Gasteiger partial charge in [-0.15, -0.1) is 0 Å². The first-order chi connectivity index (χ1) is 74.3. The fraction of sp³-hybridized carbons (Fsp3) is 0.565. The Morgan fingerprint density at radius 3 is 0.353 bits per heavy atom. The summed E-state index contributed by atoms with van der Waals surface area (Å²) in [5.41, 5.74) is 9.79. The van der Waals surface area contributed by atoms with Crippen LogP contribution in [0.3, 0.4) is 0 Å². The minimum atomic E-state index is 0.664. The molecule has 3 aromatic heterocycles. The van der Waals surface area contributed by atoms with Crippen molar-refractivity contribution in [2.24, 2.45) is 0 Å². The molecule has 0 aliphatic rings. The van der Waals surface area contributed by atoms with Gasteiger partial charge in [0.1, 0.15) is 34.5 Å². The normalized spacial score (nSPS) is 12.1. The third kappa shape index (κ3) is 32.0. The molecule has 12 heteroatoms. The van der Waals surface area contributed by atoms with Crippen LogP contribution in [0, 0.1) is 0 Å². The zero-order valence-electron chi connectivity index (χ0n) is 93.9. The first-order valence-corrected chi connectivity index (χ1v) is 62.0. The Morgan fingerprint density at radius 1 is 0.120 bits per heavy atom. The standard InChI is InChI=1S/C138H186N6O6/c1-7-13-19-25-31-37-43-49-55-61-67-85-145-103-73-79-109-110-80-74-104(146-86-68-62-56-50-44-38-32-26-20-14-8-2)92-122(110)134-133(121(109)91-103)139-127-97-115-116(98-128(127)140-134)118-100-130-132(144-138-126-96-108(150-90-72-66-60-54-48-42-36-30-24-18-12-6)78-84-114(126)113-83-77-107(95-125(113)137(138)142-130)149-89-71-65-59-53-47-41-35-29-23-17-11-5)102-120(118)119-101-131-129(99-117(115)119)141-135-123-93-105(147-87-69-63-57-51-45-39-33-27-21-15-9-3)75-81-111(123)112-82-76-106(94-124(112)136(135)143-131)148-88-70-64-58-52-46-40-34-28-22-16-10-4/h73-84,91-102H,7-72,85-90H2,1-6H3. The predicted molar refractivity (Wildman–Crippen MR) is 648 cm³/mol. The van der Waals surface area contributed by atoms with Gasteiger partial charge in [-0.3, -0.25) is 0 Å². The van der Waals surface area contributed by atoms with Gasteiger partial charge >= 0.3 is 0 Å². The van der Waals surface area contributed by atoms with Crippen LogP contribution in [0.4, 0.5) is 0 Å². The highest BCUT2D eigenvalue weighted by atomic mass is 16.5. The Balaban J connectivity index is 0.822. The van der Waals surface area contributed by atoms with Gasteiger partial charge in [-0.1, -0.05) is 427 Å². The Hall–Kier alpha value is -10.2. The topological polar surface area (TPSA) is 133 Å².